The van der Waals surface area contributed by atoms with Crippen LogP contribution in [0.4, 0.5) is 0 Å². The molecule has 0 heterocycles. The van der Waals surface area contributed by atoms with Crippen molar-refractivity contribution in [3.05, 3.63) is 102 Å². The van der Waals surface area contributed by atoms with Gasteiger partial charge in [-0.2, -0.15) is 0 Å². The molecule has 0 radical (unpaired) electrons. The Morgan fingerprint density at radius 2 is 0.913 bits per heavy atom. The molecule has 23 heteroatoms. The van der Waals surface area contributed by atoms with Gasteiger partial charge >= 0.3 is 115 Å². The number of aliphatic hydroxyl groups is 4. The summed E-state index contributed by atoms with van der Waals surface area (Å²) in [7, 11) is 0. The first-order chi connectivity index (χ1) is 31.3. The van der Waals surface area contributed by atoms with Gasteiger partial charge in [-0.05, 0) is 126 Å². The number of carbonyl (C=O) groups is 7. The van der Waals surface area contributed by atoms with E-state index >= 15 is 0 Å². The Labute approximate surface area is 510 Å². The summed E-state index contributed by atoms with van der Waals surface area (Å²) in [5.41, 5.74) is -2.91. The smallest absolute Gasteiger partial charge is 1.00 e. The van der Waals surface area contributed by atoms with Crippen molar-refractivity contribution in [2.75, 3.05) is 50.3 Å². The monoisotopic (exact) mass is 1170 g/mol. The maximum atomic E-state index is 11.8. The Hall–Kier alpha value is -1.79. The molecule has 4 N–H and O–H groups in total. The van der Waals surface area contributed by atoms with Gasteiger partial charge < -0.3 is 55.7 Å². The van der Waals surface area contributed by atoms with Gasteiger partial charge in [-0.1, -0.05) is 38.4 Å². The fraction of sp³-hybridized carbons (Fsp3) is 0.413. The quantitative estimate of drug-likeness (QED) is 0.00864. The second kappa shape index (κ2) is 41.7. The number of Topliss-reactive ketones (excluding diaryl/α,β-unsaturated/α-hetero) is 3. The molecule has 0 saturated heterocycles. The van der Waals surface area contributed by atoms with E-state index in [2.05, 4.69) is 43.3 Å². The van der Waals surface area contributed by atoms with Crippen LogP contribution in [-0.4, -0.2) is 129 Å². The van der Waals surface area contributed by atoms with Gasteiger partial charge in [0.25, 0.3) is 6.47 Å². The van der Waals surface area contributed by atoms with Crippen LogP contribution in [0.1, 0.15) is 86.9 Å². The number of aliphatic hydroxyl groups excluding tert-OH is 1. The van der Waals surface area contributed by atoms with E-state index in [1.165, 1.54) is 41.5 Å². The maximum absolute atomic E-state index is 11.8. The molecule has 0 aromatic heterocycles. The Kier molecular flexibility index (Phi) is 44.5. The van der Waals surface area contributed by atoms with E-state index in [1.54, 1.807) is 72.8 Å². The summed E-state index contributed by atoms with van der Waals surface area (Å²) in [6, 6.07) is 19.3. The van der Waals surface area contributed by atoms with Gasteiger partial charge in [-0.3, -0.25) is 28.8 Å². The van der Waals surface area contributed by atoms with Gasteiger partial charge in [0.15, 0.2) is 17.3 Å². The van der Waals surface area contributed by atoms with Crippen LogP contribution in [0.2, 0.25) is 0 Å². The van der Waals surface area contributed by atoms with E-state index in [-0.39, 0.29) is 179 Å². The van der Waals surface area contributed by atoms with Crippen molar-refractivity contribution in [1.82, 2.24) is 0 Å². The molecule has 0 atom stereocenters. The summed E-state index contributed by atoms with van der Waals surface area (Å²) >= 11 is 11.1. The van der Waals surface area contributed by atoms with Crippen LogP contribution in [0.15, 0.2) is 85.5 Å². The third-order valence-corrected chi connectivity index (χ3v) is 8.37. The SMILES string of the molecule is C=CC(=O)OCCOc1ccc(C(=O)C(C)(C)O)cc1.CC(C)(O)C(=O)c1ccc(OCCO)cc1.CC(C)(O)C(=O)c1ccc(OCCOC(=O)CCBr)cc1.O=C(Cl)CCBr.O=CO[O-].[H-].[K+].[K+]. The molecule has 0 aliphatic rings. The molecule has 0 spiro atoms. The van der Waals surface area contributed by atoms with Gasteiger partial charge in [-0.25, -0.2) is 4.79 Å². The van der Waals surface area contributed by atoms with Gasteiger partial charge in [-0.15, -0.1) is 0 Å². The van der Waals surface area contributed by atoms with Crippen LogP contribution in [-0.2, 0) is 33.5 Å². The Balaban J connectivity index is -0.000000270. The second-order valence-electron chi connectivity index (χ2n) is 14.5. The third-order valence-electron chi connectivity index (χ3n) is 7.38. The molecule has 0 aliphatic heterocycles. The minimum Gasteiger partial charge on any atom is -1.00 e. The molecule has 0 bridgehead atoms. The topological polar surface area (TPSA) is 279 Å². The molecule has 0 aliphatic carbocycles. The molecule has 0 fully saturated rings. The maximum Gasteiger partial charge on any atom is 1.00 e. The molecule has 3 rings (SSSR count). The molecular weight excluding hydrogens is 1110 g/mol. The van der Waals surface area contributed by atoms with E-state index in [1.807, 2.05) is 0 Å². The number of carbonyl (C=O) groups excluding carboxylic acids is 7. The van der Waals surface area contributed by atoms with Crippen LogP contribution < -0.4 is 122 Å². The van der Waals surface area contributed by atoms with Crippen molar-refractivity contribution in [2.24, 2.45) is 0 Å². The summed E-state index contributed by atoms with van der Waals surface area (Å²) < 4.78 is 25.6. The standard InChI is InChI=1S/C15H19BrO5.C15H18O5.C12H16O4.C3H4BrClO.CH2O3.2K.H/c1-15(2,19)14(18)11-3-5-12(6-4-11)20-9-10-21-13(17)7-8-16;1-4-13(16)20-10-9-19-12-7-5-11(6-8-12)14(17)15(2,3)18;1-12(2,15)11(14)9-3-5-10(6-4-9)16-8-7-13;4-2-1-3(5)6;2-1-4-3;;;/h3-6,19H,7-10H2,1-2H3;4-8,18H,1,9-10H2,2-3H3;3-6,13,15H,7-8H2,1-2H3;1-2H2;1,3H;;;/q;;;;;2*+1;-1/p-1. The van der Waals surface area contributed by atoms with Gasteiger partial charge in [0.2, 0.25) is 5.24 Å². The van der Waals surface area contributed by atoms with Crippen LogP contribution in [0, 0.1) is 0 Å². The van der Waals surface area contributed by atoms with Crippen molar-refractivity contribution in [1.29, 1.82) is 0 Å². The van der Waals surface area contributed by atoms with Gasteiger partial charge in [0, 0.05) is 39.8 Å². The van der Waals surface area contributed by atoms with Crippen molar-refractivity contribution in [3.8, 4) is 17.2 Å². The van der Waals surface area contributed by atoms with Crippen LogP contribution in [0.3, 0.4) is 0 Å². The minimum absolute atomic E-state index is 0. The fourth-order valence-electron chi connectivity index (χ4n) is 4.23. The second-order valence-corrected chi connectivity index (χ2v) is 16.5. The number of alkyl halides is 2. The summed E-state index contributed by atoms with van der Waals surface area (Å²) in [4.78, 5) is 78.2. The number of esters is 2. The summed E-state index contributed by atoms with van der Waals surface area (Å²) in [6.45, 7) is 12.7. The molecular formula is C46H59Br2ClK2O18. The Morgan fingerprint density at radius 1 is 0.609 bits per heavy atom. The molecule has 69 heavy (non-hydrogen) atoms. The zero-order valence-electron chi connectivity index (χ0n) is 41.0. The first-order valence-electron chi connectivity index (χ1n) is 19.9. The number of rotatable bonds is 23. The number of ketones is 3. The van der Waals surface area contributed by atoms with E-state index < -0.39 is 22.8 Å². The summed E-state index contributed by atoms with van der Waals surface area (Å²) in [5.74, 6) is -0.114. The van der Waals surface area contributed by atoms with Crippen molar-refractivity contribution in [3.63, 3.8) is 0 Å². The zero-order chi connectivity index (χ0) is 51.6. The first kappa shape index (κ1) is 73.7. The summed E-state index contributed by atoms with van der Waals surface area (Å²) in [5, 5.41) is 46.7. The van der Waals surface area contributed by atoms with Crippen molar-refractivity contribution >= 4 is 84.5 Å². The predicted octanol–water partition coefficient (Wildman–Crippen LogP) is -0.801. The van der Waals surface area contributed by atoms with E-state index in [4.69, 9.17) is 50.4 Å². The molecule has 3 aromatic rings. The number of hydrogen-bond donors (Lipinski definition) is 4. The van der Waals surface area contributed by atoms with Crippen LogP contribution >= 0.6 is 43.5 Å². The van der Waals surface area contributed by atoms with Crippen LogP contribution in [0.25, 0.3) is 0 Å². The normalized spacial score (nSPS) is 10.1. The van der Waals surface area contributed by atoms with Crippen molar-refractivity contribution < 1.29 is 192 Å². The summed E-state index contributed by atoms with van der Waals surface area (Å²) in [6.07, 6.45) is 1.83. The molecule has 0 saturated carbocycles. The van der Waals surface area contributed by atoms with Crippen LogP contribution in [0.5, 0.6) is 17.2 Å². The fourth-order valence-corrected chi connectivity index (χ4v) is 5.24. The molecule has 0 unspecified atom stereocenters. The first-order valence-corrected chi connectivity index (χ1v) is 22.5. The zero-order valence-corrected chi connectivity index (χ0v) is 50.2. The third kappa shape index (κ3) is 37.6. The van der Waals surface area contributed by atoms with E-state index in [0.29, 0.717) is 57.4 Å². The van der Waals surface area contributed by atoms with Gasteiger partial charge in [0.1, 0.15) is 67.1 Å². The van der Waals surface area contributed by atoms with E-state index in [9.17, 15) is 44.1 Å². The molecule has 374 valence electrons. The number of hydrogen-bond acceptors (Lipinski definition) is 18. The Morgan fingerprint density at radius 3 is 1.14 bits per heavy atom. The Bertz CT molecular complexity index is 1960. The van der Waals surface area contributed by atoms with E-state index in [0.717, 1.165) is 6.08 Å². The van der Waals surface area contributed by atoms with Crippen molar-refractivity contribution in [2.45, 2.75) is 71.2 Å². The molecule has 3 aromatic carbocycles. The average Bonchev–Trinajstić information content (AvgIpc) is 3.28. The number of benzene rings is 3. The van der Waals surface area contributed by atoms with Gasteiger partial charge in [0.05, 0.1) is 13.0 Å². The number of ether oxygens (including phenoxy) is 5. The number of halogens is 3. The molecule has 0 amide bonds. The largest absolute Gasteiger partial charge is 1.00 e. The minimum atomic E-state index is -1.40. The average molecular weight is 1170 g/mol. The predicted molar refractivity (Wildman–Crippen MR) is 253 cm³/mol. The molecule has 18 nitrogen and oxygen atoms in total.